The van der Waals surface area contributed by atoms with Crippen molar-refractivity contribution in [1.82, 2.24) is 0 Å². The molecule has 1 aliphatic heterocycles. The Labute approximate surface area is 112 Å². The van der Waals surface area contributed by atoms with Crippen molar-refractivity contribution < 1.29 is 18.7 Å². The van der Waals surface area contributed by atoms with Gasteiger partial charge in [0.15, 0.2) is 17.4 Å². The summed E-state index contributed by atoms with van der Waals surface area (Å²) in [4.78, 5) is 13.0. The van der Waals surface area contributed by atoms with E-state index < -0.39 is 23.2 Å². The molecule has 0 saturated heterocycles. The molecule has 0 amide bonds. The second kappa shape index (κ2) is 4.35. The van der Waals surface area contributed by atoms with E-state index in [4.69, 9.17) is 0 Å². The van der Waals surface area contributed by atoms with Crippen molar-refractivity contribution >= 4 is 17.5 Å². The summed E-state index contributed by atoms with van der Waals surface area (Å²) in [5, 5.41) is 9.75. The summed E-state index contributed by atoms with van der Waals surface area (Å²) in [5.74, 6) is -3.10. The Bertz CT molecular complexity index is 698. The molecule has 0 atom stereocenters. The highest BCUT2D eigenvalue weighted by Crippen LogP contribution is 2.38. The number of carbonyl (C=O) groups excluding carboxylic acids is 1. The summed E-state index contributed by atoms with van der Waals surface area (Å²) in [5.41, 5.74) is 0.174. The first kappa shape index (κ1) is 12.2. The van der Waals surface area contributed by atoms with Gasteiger partial charge in [-0.2, -0.15) is 0 Å². The van der Waals surface area contributed by atoms with E-state index in [1.807, 2.05) is 0 Å². The van der Waals surface area contributed by atoms with Crippen molar-refractivity contribution in [3.8, 4) is 5.75 Å². The van der Waals surface area contributed by atoms with Gasteiger partial charge in [-0.3, -0.25) is 4.79 Å². The van der Waals surface area contributed by atoms with E-state index in [1.165, 1.54) is 11.8 Å². The van der Waals surface area contributed by atoms with E-state index in [0.29, 0.717) is 16.5 Å². The summed E-state index contributed by atoms with van der Waals surface area (Å²) in [7, 11) is 0. The van der Waals surface area contributed by atoms with Crippen LogP contribution >= 0.6 is 11.8 Å². The lowest BCUT2D eigenvalue weighted by atomic mass is 9.97. The van der Waals surface area contributed by atoms with Gasteiger partial charge < -0.3 is 5.11 Å². The smallest absolute Gasteiger partial charge is 0.198 e. The minimum Gasteiger partial charge on any atom is -0.507 e. The lowest BCUT2D eigenvalue weighted by Gasteiger charge is -2.08. The zero-order valence-corrected chi connectivity index (χ0v) is 10.4. The third-order valence-electron chi connectivity index (χ3n) is 3.03. The van der Waals surface area contributed by atoms with Gasteiger partial charge in [-0.05, 0) is 12.1 Å². The highest BCUT2D eigenvalue weighted by molar-refractivity contribution is 7.98. The van der Waals surface area contributed by atoms with Gasteiger partial charge in [0.05, 0.1) is 5.56 Å². The van der Waals surface area contributed by atoms with Crippen LogP contribution in [0.5, 0.6) is 5.75 Å². The van der Waals surface area contributed by atoms with Gasteiger partial charge in [-0.15, -0.1) is 11.8 Å². The van der Waals surface area contributed by atoms with Gasteiger partial charge in [-0.1, -0.05) is 12.1 Å². The number of halogens is 2. The average Bonchev–Trinajstić information content (AvgIpc) is 2.54. The van der Waals surface area contributed by atoms with E-state index in [1.54, 1.807) is 24.3 Å². The van der Waals surface area contributed by atoms with Gasteiger partial charge in [0.25, 0.3) is 0 Å². The lowest BCUT2D eigenvalue weighted by Crippen LogP contribution is -2.07. The second-order valence-electron chi connectivity index (χ2n) is 4.16. The molecule has 0 aromatic heterocycles. The molecule has 3 rings (SSSR count). The first-order valence-electron chi connectivity index (χ1n) is 5.56. The molecule has 1 N–H and O–H groups in total. The van der Waals surface area contributed by atoms with Crippen LogP contribution in [0.25, 0.3) is 0 Å². The number of phenolic OH excluding ortho intramolecular Hbond substituents is 1. The quantitative estimate of drug-likeness (QED) is 0.801. The maximum atomic E-state index is 13.8. The normalized spacial score (nSPS) is 13.7. The Balaban J connectivity index is 2.30. The Kier molecular flexibility index (Phi) is 2.78. The van der Waals surface area contributed by atoms with Crippen LogP contribution in [0.2, 0.25) is 0 Å². The number of aromatic hydroxyl groups is 1. The van der Waals surface area contributed by atoms with Crippen LogP contribution in [-0.2, 0) is 5.75 Å². The van der Waals surface area contributed by atoms with Crippen molar-refractivity contribution in [3.05, 3.63) is 58.7 Å². The molecule has 0 unspecified atom stereocenters. The Morgan fingerprint density at radius 3 is 2.74 bits per heavy atom. The molecule has 5 heteroatoms. The van der Waals surface area contributed by atoms with Crippen LogP contribution < -0.4 is 0 Å². The fourth-order valence-corrected chi connectivity index (χ4v) is 3.18. The number of hydrogen-bond acceptors (Lipinski definition) is 3. The van der Waals surface area contributed by atoms with Crippen LogP contribution in [0.15, 0.2) is 35.2 Å². The molecule has 0 radical (unpaired) electrons. The molecule has 0 spiro atoms. The highest BCUT2D eigenvalue weighted by Gasteiger charge is 2.28. The summed E-state index contributed by atoms with van der Waals surface area (Å²) >= 11 is 1.25. The monoisotopic (exact) mass is 278 g/mol. The number of hydrogen-bond donors (Lipinski definition) is 1. The molecular weight excluding hydrogens is 270 g/mol. The zero-order chi connectivity index (χ0) is 13.6. The first-order chi connectivity index (χ1) is 9.09. The molecule has 1 aliphatic rings. The van der Waals surface area contributed by atoms with E-state index >= 15 is 0 Å². The van der Waals surface area contributed by atoms with E-state index in [-0.39, 0.29) is 16.9 Å². The molecule has 2 nitrogen and oxygen atoms in total. The van der Waals surface area contributed by atoms with E-state index in [9.17, 15) is 18.7 Å². The molecular formula is C14H8F2O2S. The van der Waals surface area contributed by atoms with Crippen molar-refractivity contribution in [2.75, 3.05) is 0 Å². The summed E-state index contributed by atoms with van der Waals surface area (Å²) in [6.45, 7) is 0. The standard InChI is InChI=1S/C14H8F2O2S/c15-9-5-10(17)12-8(13(9)16)6-19-11-4-2-1-3-7(11)14(12)18/h1-5,17H,6H2. The summed E-state index contributed by atoms with van der Waals surface area (Å²) < 4.78 is 27.1. The van der Waals surface area contributed by atoms with Crippen LogP contribution in [0.3, 0.4) is 0 Å². The molecule has 1 heterocycles. The molecule has 19 heavy (non-hydrogen) atoms. The molecule has 0 bridgehead atoms. The largest absolute Gasteiger partial charge is 0.507 e. The van der Waals surface area contributed by atoms with E-state index in [2.05, 4.69) is 0 Å². The molecule has 0 aliphatic carbocycles. The van der Waals surface area contributed by atoms with E-state index in [0.717, 1.165) is 0 Å². The first-order valence-corrected chi connectivity index (χ1v) is 6.54. The van der Waals surface area contributed by atoms with Crippen molar-refractivity contribution in [3.63, 3.8) is 0 Å². The van der Waals surface area contributed by atoms with Crippen LogP contribution in [-0.4, -0.2) is 10.9 Å². The molecule has 2 aromatic rings. The number of benzene rings is 2. The van der Waals surface area contributed by atoms with Crippen LogP contribution in [0.4, 0.5) is 8.78 Å². The Morgan fingerprint density at radius 2 is 1.95 bits per heavy atom. The van der Waals surface area contributed by atoms with Gasteiger partial charge in [-0.25, -0.2) is 8.78 Å². The SMILES string of the molecule is O=C1c2ccccc2SCc2c(F)c(F)cc(O)c21. The molecule has 0 fully saturated rings. The number of thioether (sulfide) groups is 1. The fraction of sp³-hybridized carbons (Fsp3) is 0.0714. The van der Waals surface area contributed by atoms with Gasteiger partial charge in [0.1, 0.15) is 5.75 Å². The number of rotatable bonds is 0. The maximum Gasteiger partial charge on any atom is 0.198 e. The minimum atomic E-state index is -1.14. The summed E-state index contributed by atoms with van der Waals surface area (Å²) in [6, 6.07) is 7.46. The molecule has 0 saturated carbocycles. The predicted molar refractivity (Wildman–Crippen MR) is 67.5 cm³/mol. The van der Waals surface area contributed by atoms with Crippen molar-refractivity contribution in [2.24, 2.45) is 0 Å². The van der Waals surface area contributed by atoms with Crippen LogP contribution in [0.1, 0.15) is 21.5 Å². The second-order valence-corrected chi connectivity index (χ2v) is 5.18. The molecule has 96 valence electrons. The minimum absolute atomic E-state index is 0.0799. The maximum absolute atomic E-state index is 13.8. The van der Waals surface area contributed by atoms with Crippen molar-refractivity contribution in [2.45, 2.75) is 10.6 Å². The Morgan fingerprint density at radius 1 is 1.21 bits per heavy atom. The number of phenols is 1. The predicted octanol–water partition coefficient (Wildman–Crippen LogP) is 3.51. The average molecular weight is 278 g/mol. The third kappa shape index (κ3) is 1.81. The van der Waals surface area contributed by atoms with Gasteiger partial charge in [0, 0.05) is 27.8 Å². The zero-order valence-electron chi connectivity index (χ0n) is 9.61. The summed E-state index contributed by atoms with van der Waals surface area (Å²) in [6.07, 6.45) is 0. The number of carbonyl (C=O) groups is 1. The Hall–Kier alpha value is -1.88. The third-order valence-corrected chi connectivity index (χ3v) is 4.13. The van der Waals surface area contributed by atoms with Crippen molar-refractivity contribution in [1.29, 1.82) is 0 Å². The fourth-order valence-electron chi connectivity index (χ4n) is 2.12. The molecule has 2 aromatic carbocycles. The van der Waals surface area contributed by atoms with Crippen LogP contribution in [0, 0.1) is 11.6 Å². The number of ketones is 1. The van der Waals surface area contributed by atoms with Gasteiger partial charge in [0.2, 0.25) is 0 Å². The highest BCUT2D eigenvalue weighted by atomic mass is 32.2. The lowest BCUT2D eigenvalue weighted by molar-refractivity contribution is 0.103. The number of fused-ring (bicyclic) bond motifs is 2. The van der Waals surface area contributed by atoms with Gasteiger partial charge >= 0.3 is 0 Å². The topological polar surface area (TPSA) is 37.3 Å².